The Labute approximate surface area is 165 Å². The summed E-state index contributed by atoms with van der Waals surface area (Å²) < 4.78 is 13.0. The molecule has 3 nitrogen and oxygen atoms in total. The number of aliphatic carboxylic acids is 1. The van der Waals surface area contributed by atoms with E-state index in [0.717, 1.165) is 42.3 Å². The smallest absolute Gasteiger partial charge is 0.338 e. The van der Waals surface area contributed by atoms with E-state index < -0.39 is 5.97 Å². The minimum absolute atomic E-state index is 0.211. The third kappa shape index (κ3) is 5.86. The summed E-state index contributed by atoms with van der Waals surface area (Å²) in [6.07, 6.45) is 12.0. The van der Waals surface area contributed by atoms with Crippen LogP contribution in [-0.2, 0) is 11.2 Å². The Hall–Kier alpha value is -1.75. The Morgan fingerprint density at radius 1 is 1.19 bits per heavy atom. The second-order valence-electron chi connectivity index (χ2n) is 7.41. The van der Waals surface area contributed by atoms with Crippen LogP contribution in [0.4, 0.5) is 4.39 Å². The maximum atomic E-state index is 13.0. The summed E-state index contributed by atoms with van der Waals surface area (Å²) >= 11 is 1.65. The van der Waals surface area contributed by atoms with Crippen LogP contribution in [-0.4, -0.2) is 34.8 Å². The number of thioether (sulfide) groups is 1. The fraction of sp³-hybridized carbons (Fsp3) is 0.500. The first kappa shape index (κ1) is 20.0. The molecule has 2 aliphatic rings. The maximum absolute atomic E-state index is 13.0. The van der Waals surface area contributed by atoms with Gasteiger partial charge >= 0.3 is 5.97 Å². The highest BCUT2D eigenvalue weighted by atomic mass is 32.2. The summed E-state index contributed by atoms with van der Waals surface area (Å²) in [5.74, 6) is 0.478. The van der Waals surface area contributed by atoms with Gasteiger partial charge in [-0.15, -0.1) is 11.8 Å². The lowest BCUT2D eigenvalue weighted by atomic mass is 9.89. The molecule has 5 heteroatoms. The number of nitrogens with zero attached hydrogens (tertiary/aromatic N) is 1. The van der Waals surface area contributed by atoms with E-state index in [-0.39, 0.29) is 5.82 Å². The standard InChI is InChI=1S/C22H28FNO2S/c23-19-12-10-17(11-13-19)8-5-15-27-21-20(22(25)26)9-4-14-24(21)16-18-6-2-1-3-7-18/h4,9-13,18H,1-3,5-8,14-16H2,(H,25,26). The molecule has 146 valence electrons. The number of carboxylic acids is 1. The lowest BCUT2D eigenvalue weighted by Gasteiger charge is -2.34. The van der Waals surface area contributed by atoms with Crippen LogP contribution < -0.4 is 0 Å². The average molecular weight is 390 g/mol. The van der Waals surface area contributed by atoms with Crippen LogP contribution in [0.1, 0.15) is 44.1 Å². The lowest BCUT2D eigenvalue weighted by molar-refractivity contribution is -0.132. The summed E-state index contributed by atoms with van der Waals surface area (Å²) in [5.41, 5.74) is 1.54. The van der Waals surface area contributed by atoms with E-state index in [1.165, 1.54) is 44.2 Å². The zero-order chi connectivity index (χ0) is 19.1. The highest BCUT2D eigenvalue weighted by molar-refractivity contribution is 8.03. The normalized spacial score (nSPS) is 18.2. The molecular formula is C22H28FNO2S. The maximum Gasteiger partial charge on any atom is 0.338 e. The number of carbonyl (C=O) groups is 1. The molecule has 0 radical (unpaired) electrons. The second-order valence-corrected chi connectivity index (χ2v) is 8.50. The summed E-state index contributed by atoms with van der Waals surface area (Å²) in [6, 6.07) is 6.62. The molecule has 1 aliphatic carbocycles. The minimum atomic E-state index is -0.847. The third-order valence-electron chi connectivity index (χ3n) is 5.32. The summed E-state index contributed by atoms with van der Waals surface area (Å²) in [4.78, 5) is 14.0. The fourth-order valence-electron chi connectivity index (χ4n) is 3.89. The van der Waals surface area contributed by atoms with Gasteiger partial charge < -0.3 is 10.0 Å². The Bertz CT molecular complexity index is 693. The van der Waals surface area contributed by atoms with E-state index in [4.69, 9.17) is 0 Å². The first-order valence-corrected chi connectivity index (χ1v) is 10.9. The van der Waals surface area contributed by atoms with Gasteiger partial charge in [-0.1, -0.05) is 37.5 Å². The summed E-state index contributed by atoms with van der Waals surface area (Å²) in [5, 5.41) is 10.5. The molecule has 1 saturated carbocycles. The first-order valence-electron chi connectivity index (χ1n) is 9.90. The topological polar surface area (TPSA) is 40.5 Å². The van der Waals surface area contributed by atoms with Crippen LogP contribution >= 0.6 is 11.8 Å². The van der Waals surface area contributed by atoms with Gasteiger partial charge in [-0.2, -0.15) is 0 Å². The molecule has 1 aliphatic heterocycles. The van der Waals surface area contributed by atoms with Gasteiger partial charge in [-0.3, -0.25) is 0 Å². The molecule has 1 N–H and O–H groups in total. The molecule has 0 spiro atoms. The van der Waals surface area contributed by atoms with Crippen LogP contribution in [0.25, 0.3) is 0 Å². The predicted molar refractivity (Wildman–Crippen MR) is 109 cm³/mol. The number of benzene rings is 1. The van der Waals surface area contributed by atoms with E-state index >= 15 is 0 Å². The largest absolute Gasteiger partial charge is 0.478 e. The van der Waals surface area contributed by atoms with Crippen molar-refractivity contribution in [1.29, 1.82) is 0 Å². The van der Waals surface area contributed by atoms with Gasteiger partial charge in [0.05, 0.1) is 10.6 Å². The quantitative estimate of drug-likeness (QED) is 0.617. The molecule has 1 aromatic carbocycles. The molecule has 1 fully saturated rings. The van der Waals surface area contributed by atoms with Crippen molar-refractivity contribution in [3.05, 3.63) is 58.4 Å². The van der Waals surface area contributed by atoms with E-state index in [1.54, 1.807) is 17.8 Å². The Kier molecular flexibility index (Phi) is 7.39. The van der Waals surface area contributed by atoms with Crippen LogP contribution in [0.5, 0.6) is 0 Å². The number of aryl methyl sites for hydroxylation is 1. The number of hydrogen-bond donors (Lipinski definition) is 1. The van der Waals surface area contributed by atoms with Gasteiger partial charge in [0, 0.05) is 13.1 Å². The molecule has 1 heterocycles. The molecule has 0 bridgehead atoms. The SMILES string of the molecule is O=C(O)C1=C(SCCCc2ccc(F)cc2)N(CC2CCCCC2)CC=C1. The molecule has 0 saturated heterocycles. The average Bonchev–Trinajstić information content (AvgIpc) is 2.68. The van der Waals surface area contributed by atoms with Crippen molar-refractivity contribution in [3.63, 3.8) is 0 Å². The number of halogens is 1. The second kappa shape index (κ2) is 9.98. The number of rotatable bonds is 8. The highest BCUT2D eigenvalue weighted by Gasteiger charge is 2.24. The molecule has 27 heavy (non-hydrogen) atoms. The third-order valence-corrected chi connectivity index (χ3v) is 6.57. The number of hydrogen-bond acceptors (Lipinski definition) is 3. The molecule has 0 aromatic heterocycles. The fourth-order valence-corrected chi connectivity index (χ4v) is 5.01. The van der Waals surface area contributed by atoms with Crippen molar-refractivity contribution in [2.24, 2.45) is 5.92 Å². The van der Waals surface area contributed by atoms with Crippen LogP contribution in [0.15, 0.2) is 47.0 Å². The van der Waals surface area contributed by atoms with Crippen molar-refractivity contribution in [2.75, 3.05) is 18.8 Å². The monoisotopic (exact) mass is 389 g/mol. The Morgan fingerprint density at radius 2 is 1.93 bits per heavy atom. The Balaban J connectivity index is 1.59. The summed E-state index contributed by atoms with van der Waals surface area (Å²) in [7, 11) is 0. The molecule has 0 amide bonds. The van der Waals surface area contributed by atoms with Gasteiger partial charge in [0.25, 0.3) is 0 Å². The Morgan fingerprint density at radius 3 is 2.63 bits per heavy atom. The predicted octanol–water partition coefficient (Wildman–Crippen LogP) is 5.24. The van der Waals surface area contributed by atoms with E-state index in [0.29, 0.717) is 11.5 Å². The van der Waals surface area contributed by atoms with Gasteiger partial charge in [0.1, 0.15) is 5.82 Å². The zero-order valence-corrected chi connectivity index (χ0v) is 16.5. The highest BCUT2D eigenvalue weighted by Crippen LogP contribution is 2.32. The van der Waals surface area contributed by atoms with Crippen molar-refractivity contribution in [2.45, 2.75) is 44.9 Å². The minimum Gasteiger partial charge on any atom is -0.478 e. The van der Waals surface area contributed by atoms with Gasteiger partial charge in [0.15, 0.2) is 0 Å². The van der Waals surface area contributed by atoms with Crippen molar-refractivity contribution >= 4 is 17.7 Å². The van der Waals surface area contributed by atoms with Gasteiger partial charge in [0.2, 0.25) is 0 Å². The summed E-state index contributed by atoms with van der Waals surface area (Å²) in [6.45, 7) is 1.76. The lowest BCUT2D eigenvalue weighted by Crippen LogP contribution is -2.32. The molecule has 1 aromatic rings. The van der Waals surface area contributed by atoms with Crippen LogP contribution in [0, 0.1) is 11.7 Å². The van der Waals surface area contributed by atoms with Gasteiger partial charge in [-0.05, 0) is 61.1 Å². The van der Waals surface area contributed by atoms with Crippen LogP contribution in [0.2, 0.25) is 0 Å². The van der Waals surface area contributed by atoms with E-state index in [1.807, 2.05) is 18.2 Å². The van der Waals surface area contributed by atoms with Crippen LogP contribution in [0.3, 0.4) is 0 Å². The van der Waals surface area contributed by atoms with E-state index in [9.17, 15) is 14.3 Å². The van der Waals surface area contributed by atoms with Crippen molar-refractivity contribution in [1.82, 2.24) is 4.90 Å². The zero-order valence-electron chi connectivity index (χ0n) is 15.7. The van der Waals surface area contributed by atoms with Crippen molar-refractivity contribution in [3.8, 4) is 0 Å². The van der Waals surface area contributed by atoms with E-state index in [2.05, 4.69) is 4.90 Å². The number of carboxylic acid groups (broad SMARTS) is 1. The van der Waals surface area contributed by atoms with Gasteiger partial charge in [-0.25, -0.2) is 9.18 Å². The molecule has 0 atom stereocenters. The molecular weight excluding hydrogens is 361 g/mol. The molecule has 3 rings (SSSR count). The van der Waals surface area contributed by atoms with Crippen molar-refractivity contribution < 1.29 is 14.3 Å². The molecule has 0 unspecified atom stereocenters. The first-order chi connectivity index (χ1) is 13.1.